The number of hydrogen-bond acceptors (Lipinski definition) is 3. The van der Waals surface area contributed by atoms with Crippen molar-refractivity contribution in [3.8, 4) is 5.75 Å². The predicted molar refractivity (Wildman–Crippen MR) is 79.4 cm³/mol. The molecule has 0 radical (unpaired) electrons. The highest BCUT2D eigenvalue weighted by molar-refractivity contribution is 6.33. The molecule has 110 valence electrons. The van der Waals surface area contributed by atoms with Crippen LogP contribution in [0, 0.1) is 0 Å². The van der Waals surface area contributed by atoms with Gasteiger partial charge >= 0.3 is 0 Å². The second-order valence-corrected chi connectivity index (χ2v) is 5.60. The third kappa shape index (κ3) is 4.39. The van der Waals surface area contributed by atoms with Crippen molar-refractivity contribution in [2.75, 3.05) is 11.9 Å². The van der Waals surface area contributed by atoms with E-state index in [1.165, 1.54) is 0 Å². The molecule has 1 saturated heterocycles. The van der Waals surface area contributed by atoms with Crippen molar-refractivity contribution in [1.29, 1.82) is 0 Å². The lowest BCUT2D eigenvalue weighted by molar-refractivity contribution is -0.118. The average Bonchev–Trinajstić information content (AvgIpc) is 2.84. The van der Waals surface area contributed by atoms with Gasteiger partial charge in [-0.05, 0) is 38.8 Å². The van der Waals surface area contributed by atoms with Gasteiger partial charge in [0.1, 0.15) is 5.75 Å². The van der Waals surface area contributed by atoms with Crippen molar-refractivity contribution in [1.82, 2.24) is 0 Å². The zero-order chi connectivity index (χ0) is 14.5. The van der Waals surface area contributed by atoms with Crippen LogP contribution >= 0.6 is 11.6 Å². The van der Waals surface area contributed by atoms with Gasteiger partial charge in [-0.3, -0.25) is 4.79 Å². The number of ether oxygens (including phenoxy) is 2. The van der Waals surface area contributed by atoms with Gasteiger partial charge < -0.3 is 14.8 Å². The quantitative estimate of drug-likeness (QED) is 0.902. The van der Waals surface area contributed by atoms with Gasteiger partial charge in [0, 0.05) is 12.7 Å². The first kappa shape index (κ1) is 15.1. The number of carbonyl (C=O) groups excluding carboxylic acids is 1. The molecule has 0 saturated carbocycles. The smallest absolute Gasteiger partial charge is 0.227 e. The van der Waals surface area contributed by atoms with E-state index in [1.54, 1.807) is 18.2 Å². The van der Waals surface area contributed by atoms with Gasteiger partial charge in [0.05, 0.1) is 29.3 Å². The van der Waals surface area contributed by atoms with Crippen LogP contribution in [0.5, 0.6) is 5.75 Å². The number of benzene rings is 1. The molecule has 1 N–H and O–H groups in total. The van der Waals surface area contributed by atoms with Gasteiger partial charge in [0.2, 0.25) is 5.91 Å². The lowest BCUT2D eigenvalue weighted by Gasteiger charge is -2.13. The minimum absolute atomic E-state index is 0.0392. The molecule has 0 aliphatic carbocycles. The number of halogens is 1. The van der Waals surface area contributed by atoms with Crippen LogP contribution in [-0.2, 0) is 9.53 Å². The summed E-state index contributed by atoms with van der Waals surface area (Å²) < 4.78 is 11.0. The van der Waals surface area contributed by atoms with E-state index < -0.39 is 0 Å². The van der Waals surface area contributed by atoms with Crippen LogP contribution in [0.15, 0.2) is 18.2 Å². The maximum absolute atomic E-state index is 11.9. The van der Waals surface area contributed by atoms with Crippen LogP contribution in [0.1, 0.15) is 33.1 Å². The van der Waals surface area contributed by atoms with Crippen LogP contribution in [0.4, 0.5) is 5.69 Å². The maximum atomic E-state index is 11.9. The fraction of sp³-hybridized carbons (Fsp3) is 0.533. The Morgan fingerprint density at radius 3 is 2.95 bits per heavy atom. The molecule has 1 fully saturated rings. The Hall–Kier alpha value is -1.26. The fourth-order valence-corrected chi connectivity index (χ4v) is 2.37. The molecule has 20 heavy (non-hydrogen) atoms. The molecule has 2 rings (SSSR count). The molecular weight excluding hydrogens is 278 g/mol. The Morgan fingerprint density at radius 2 is 2.35 bits per heavy atom. The third-order valence-electron chi connectivity index (χ3n) is 3.02. The summed E-state index contributed by atoms with van der Waals surface area (Å²) in [6, 6.07) is 5.27. The summed E-state index contributed by atoms with van der Waals surface area (Å²) in [5.74, 6) is 0.624. The molecule has 0 aromatic heterocycles. The zero-order valence-corrected chi connectivity index (χ0v) is 12.6. The highest BCUT2D eigenvalue weighted by Gasteiger charge is 2.19. The number of anilines is 1. The standard InChI is InChI=1S/C15H20ClNO3/c1-10(2)20-12-5-6-14(13(16)8-12)17-15(18)9-11-4-3-7-19-11/h5-6,8,10-11H,3-4,7,9H2,1-2H3,(H,17,18). The molecule has 1 aromatic rings. The van der Waals surface area contributed by atoms with Crippen molar-refractivity contribution in [3.63, 3.8) is 0 Å². The van der Waals surface area contributed by atoms with Gasteiger partial charge in [-0.15, -0.1) is 0 Å². The lowest BCUT2D eigenvalue weighted by Crippen LogP contribution is -2.19. The van der Waals surface area contributed by atoms with E-state index in [9.17, 15) is 4.79 Å². The molecular formula is C15H20ClNO3. The van der Waals surface area contributed by atoms with E-state index in [1.807, 2.05) is 13.8 Å². The first-order chi connectivity index (χ1) is 9.54. The Morgan fingerprint density at radius 1 is 1.55 bits per heavy atom. The Balaban J connectivity index is 1.93. The predicted octanol–water partition coefficient (Wildman–Crippen LogP) is 3.63. The van der Waals surface area contributed by atoms with Crippen molar-refractivity contribution >= 4 is 23.2 Å². The summed E-state index contributed by atoms with van der Waals surface area (Å²) in [6.45, 7) is 4.65. The van der Waals surface area contributed by atoms with Gasteiger partial charge in [0.15, 0.2) is 0 Å². The van der Waals surface area contributed by atoms with Crippen LogP contribution in [-0.4, -0.2) is 24.7 Å². The molecule has 1 heterocycles. The normalized spacial score (nSPS) is 18.3. The molecule has 1 aromatic carbocycles. The van der Waals surface area contributed by atoms with Crippen molar-refractivity contribution in [2.45, 2.75) is 45.3 Å². The summed E-state index contributed by atoms with van der Waals surface area (Å²) in [5, 5.41) is 3.29. The van der Waals surface area contributed by atoms with Crippen LogP contribution in [0.3, 0.4) is 0 Å². The second kappa shape index (κ2) is 6.95. The van der Waals surface area contributed by atoms with Crippen LogP contribution in [0.2, 0.25) is 5.02 Å². The topological polar surface area (TPSA) is 47.6 Å². The van der Waals surface area contributed by atoms with Gasteiger partial charge in [-0.1, -0.05) is 11.6 Å². The molecule has 5 heteroatoms. The molecule has 0 bridgehead atoms. The van der Waals surface area contributed by atoms with E-state index >= 15 is 0 Å². The number of carbonyl (C=O) groups is 1. The van der Waals surface area contributed by atoms with E-state index in [0.29, 0.717) is 22.9 Å². The first-order valence-electron chi connectivity index (χ1n) is 6.92. The SMILES string of the molecule is CC(C)Oc1ccc(NC(=O)CC2CCCO2)c(Cl)c1. The third-order valence-corrected chi connectivity index (χ3v) is 3.34. The van der Waals surface area contributed by atoms with Gasteiger partial charge in [-0.25, -0.2) is 0 Å². The summed E-state index contributed by atoms with van der Waals surface area (Å²) in [7, 11) is 0. The Bertz CT molecular complexity index is 470. The van der Waals surface area contributed by atoms with Gasteiger partial charge in [-0.2, -0.15) is 0 Å². The van der Waals surface area contributed by atoms with E-state index in [0.717, 1.165) is 19.4 Å². The van der Waals surface area contributed by atoms with E-state index in [2.05, 4.69) is 5.32 Å². The summed E-state index contributed by atoms with van der Waals surface area (Å²) in [4.78, 5) is 11.9. The van der Waals surface area contributed by atoms with Crippen molar-refractivity contribution in [2.24, 2.45) is 0 Å². The molecule has 1 atom stereocenters. The highest BCUT2D eigenvalue weighted by atomic mass is 35.5. The first-order valence-corrected chi connectivity index (χ1v) is 7.30. The average molecular weight is 298 g/mol. The fourth-order valence-electron chi connectivity index (χ4n) is 2.16. The minimum atomic E-state index is -0.0728. The molecule has 1 unspecified atom stereocenters. The maximum Gasteiger partial charge on any atom is 0.227 e. The van der Waals surface area contributed by atoms with Crippen molar-refractivity contribution in [3.05, 3.63) is 23.2 Å². The number of amides is 1. The van der Waals surface area contributed by atoms with E-state index in [4.69, 9.17) is 21.1 Å². The highest BCUT2D eigenvalue weighted by Crippen LogP contribution is 2.28. The van der Waals surface area contributed by atoms with Crippen LogP contribution < -0.4 is 10.1 Å². The van der Waals surface area contributed by atoms with Gasteiger partial charge in [0.25, 0.3) is 0 Å². The Labute approximate surface area is 124 Å². The summed E-state index contributed by atoms with van der Waals surface area (Å²) in [6.07, 6.45) is 2.48. The lowest BCUT2D eigenvalue weighted by atomic mass is 10.1. The molecule has 0 spiro atoms. The molecule has 1 amide bonds. The second-order valence-electron chi connectivity index (χ2n) is 5.20. The summed E-state index contributed by atoms with van der Waals surface area (Å²) >= 11 is 6.15. The monoisotopic (exact) mass is 297 g/mol. The zero-order valence-electron chi connectivity index (χ0n) is 11.8. The largest absolute Gasteiger partial charge is 0.491 e. The number of nitrogens with one attached hydrogen (secondary N) is 1. The number of hydrogen-bond donors (Lipinski definition) is 1. The van der Waals surface area contributed by atoms with Crippen molar-refractivity contribution < 1.29 is 14.3 Å². The van der Waals surface area contributed by atoms with E-state index in [-0.39, 0.29) is 18.1 Å². The minimum Gasteiger partial charge on any atom is -0.491 e. The Kier molecular flexibility index (Phi) is 5.26. The molecule has 1 aliphatic rings. The molecule has 4 nitrogen and oxygen atoms in total. The number of rotatable bonds is 5. The molecule has 1 aliphatic heterocycles. The van der Waals surface area contributed by atoms with Crippen LogP contribution in [0.25, 0.3) is 0 Å². The summed E-state index contributed by atoms with van der Waals surface area (Å²) in [5.41, 5.74) is 0.603.